The van der Waals surface area contributed by atoms with Gasteiger partial charge in [0.05, 0.1) is 0 Å². The maximum Gasteiger partial charge on any atom is 0.326 e. The highest BCUT2D eigenvalue weighted by Gasteiger charge is 2.32. The van der Waals surface area contributed by atoms with Gasteiger partial charge in [-0.2, -0.15) is 11.8 Å². The van der Waals surface area contributed by atoms with Gasteiger partial charge in [-0.1, -0.05) is 27.7 Å². The largest absolute Gasteiger partial charge is 0.480 e. The number of carboxylic acids is 1. The van der Waals surface area contributed by atoms with Crippen molar-refractivity contribution in [1.82, 2.24) is 10.6 Å². The van der Waals surface area contributed by atoms with E-state index < -0.39 is 23.5 Å². The van der Waals surface area contributed by atoms with Crippen LogP contribution in [0.1, 0.15) is 27.7 Å². The Labute approximate surface area is 113 Å². The standard InChI is InChI=1S/C12H24N2O3S/c1-8(7-18-5)6-13-11(17)14-9(10(15)16)12(2,3)4/h8-9H,6-7H2,1-5H3,(H,15,16)(H2,13,14,17)/t8?,9-/m1/s1. The summed E-state index contributed by atoms with van der Waals surface area (Å²) in [4.78, 5) is 22.7. The van der Waals surface area contributed by atoms with Crippen molar-refractivity contribution in [3.63, 3.8) is 0 Å². The molecule has 3 N–H and O–H groups in total. The Morgan fingerprint density at radius 3 is 2.28 bits per heavy atom. The van der Waals surface area contributed by atoms with E-state index >= 15 is 0 Å². The summed E-state index contributed by atoms with van der Waals surface area (Å²) in [7, 11) is 0. The number of urea groups is 1. The molecule has 0 aromatic carbocycles. The zero-order valence-electron chi connectivity index (χ0n) is 11.7. The van der Waals surface area contributed by atoms with E-state index in [0.717, 1.165) is 5.75 Å². The van der Waals surface area contributed by atoms with Gasteiger partial charge >= 0.3 is 12.0 Å². The van der Waals surface area contributed by atoms with Crippen LogP contribution < -0.4 is 10.6 Å². The second-order valence-corrected chi connectivity index (χ2v) is 6.46. The summed E-state index contributed by atoms with van der Waals surface area (Å²) < 4.78 is 0. The molecule has 2 amide bonds. The molecule has 0 aromatic heterocycles. The highest BCUT2D eigenvalue weighted by molar-refractivity contribution is 7.98. The lowest BCUT2D eigenvalue weighted by Crippen LogP contribution is -2.52. The molecule has 0 aliphatic heterocycles. The first kappa shape index (κ1) is 17.1. The molecule has 0 spiro atoms. The van der Waals surface area contributed by atoms with E-state index in [1.54, 1.807) is 32.5 Å². The van der Waals surface area contributed by atoms with Gasteiger partial charge < -0.3 is 15.7 Å². The summed E-state index contributed by atoms with van der Waals surface area (Å²) in [6, 6.07) is -1.32. The molecule has 0 saturated heterocycles. The SMILES string of the molecule is CSCC(C)CNC(=O)N[C@H](C(=O)O)C(C)(C)C. The van der Waals surface area contributed by atoms with Gasteiger partial charge in [0.1, 0.15) is 6.04 Å². The van der Waals surface area contributed by atoms with Crippen LogP contribution in [0.15, 0.2) is 0 Å². The molecule has 5 nitrogen and oxygen atoms in total. The van der Waals surface area contributed by atoms with Gasteiger partial charge in [0, 0.05) is 6.54 Å². The van der Waals surface area contributed by atoms with Crippen LogP contribution in [-0.2, 0) is 4.79 Å². The van der Waals surface area contributed by atoms with Crippen LogP contribution in [0.4, 0.5) is 4.79 Å². The van der Waals surface area contributed by atoms with E-state index in [1.807, 2.05) is 13.2 Å². The molecule has 18 heavy (non-hydrogen) atoms. The smallest absolute Gasteiger partial charge is 0.326 e. The number of nitrogens with one attached hydrogen (secondary N) is 2. The van der Waals surface area contributed by atoms with Gasteiger partial charge in [-0.15, -0.1) is 0 Å². The monoisotopic (exact) mass is 276 g/mol. The number of hydrogen-bond acceptors (Lipinski definition) is 3. The molecule has 0 saturated carbocycles. The predicted molar refractivity (Wildman–Crippen MR) is 75.0 cm³/mol. The summed E-state index contributed by atoms with van der Waals surface area (Å²) in [6.45, 7) is 7.92. The van der Waals surface area contributed by atoms with Crippen molar-refractivity contribution in [2.45, 2.75) is 33.7 Å². The molecule has 1 unspecified atom stereocenters. The van der Waals surface area contributed by atoms with E-state index in [1.165, 1.54) is 0 Å². The summed E-state index contributed by atoms with van der Waals surface area (Å²) >= 11 is 1.72. The van der Waals surface area contributed by atoms with E-state index in [-0.39, 0.29) is 0 Å². The third kappa shape index (κ3) is 6.74. The average Bonchev–Trinajstić information content (AvgIpc) is 2.21. The number of aliphatic carboxylic acids is 1. The second kappa shape index (κ2) is 7.51. The molecular weight excluding hydrogens is 252 g/mol. The van der Waals surface area contributed by atoms with Gasteiger partial charge in [0.15, 0.2) is 0 Å². The summed E-state index contributed by atoms with van der Waals surface area (Å²) in [5, 5.41) is 14.3. The number of carbonyl (C=O) groups excluding carboxylic acids is 1. The van der Waals surface area contributed by atoms with Gasteiger partial charge in [-0.25, -0.2) is 9.59 Å². The minimum atomic E-state index is -1.02. The third-order valence-electron chi connectivity index (χ3n) is 2.45. The molecule has 6 heteroatoms. The van der Waals surface area contributed by atoms with Crippen molar-refractivity contribution < 1.29 is 14.7 Å². The second-order valence-electron chi connectivity index (χ2n) is 5.55. The number of rotatable bonds is 6. The van der Waals surface area contributed by atoms with Crippen LogP contribution >= 0.6 is 11.8 Å². The maximum atomic E-state index is 11.6. The molecule has 0 fully saturated rings. The summed E-state index contributed by atoms with van der Waals surface area (Å²) in [6.07, 6.45) is 2.01. The van der Waals surface area contributed by atoms with Crippen LogP contribution in [0.2, 0.25) is 0 Å². The van der Waals surface area contributed by atoms with Gasteiger partial charge in [-0.3, -0.25) is 0 Å². The molecule has 0 heterocycles. The highest BCUT2D eigenvalue weighted by atomic mass is 32.2. The third-order valence-corrected chi connectivity index (χ3v) is 3.35. The minimum Gasteiger partial charge on any atom is -0.480 e. The maximum absolute atomic E-state index is 11.6. The lowest BCUT2D eigenvalue weighted by Gasteiger charge is -2.28. The zero-order chi connectivity index (χ0) is 14.3. The number of amides is 2. The van der Waals surface area contributed by atoms with Gasteiger partial charge in [-0.05, 0) is 23.3 Å². The first-order valence-electron chi connectivity index (χ1n) is 5.94. The van der Waals surface area contributed by atoms with E-state index in [0.29, 0.717) is 12.5 Å². The fraction of sp³-hybridized carbons (Fsp3) is 0.833. The fourth-order valence-electron chi connectivity index (χ4n) is 1.44. The molecule has 0 radical (unpaired) electrons. The molecule has 0 rings (SSSR count). The van der Waals surface area contributed by atoms with Crippen molar-refractivity contribution in [3.05, 3.63) is 0 Å². The summed E-state index contributed by atoms with van der Waals surface area (Å²) in [5.41, 5.74) is -0.520. The van der Waals surface area contributed by atoms with Gasteiger partial charge in [0.25, 0.3) is 0 Å². The molecule has 0 bridgehead atoms. The summed E-state index contributed by atoms with van der Waals surface area (Å²) in [5.74, 6) is 0.306. The first-order chi connectivity index (χ1) is 8.18. The van der Waals surface area contributed by atoms with Crippen molar-refractivity contribution in [1.29, 1.82) is 0 Å². The Morgan fingerprint density at radius 2 is 1.89 bits per heavy atom. The van der Waals surface area contributed by atoms with Crippen molar-refractivity contribution in [3.8, 4) is 0 Å². The van der Waals surface area contributed by atoms with Crippen molar-refractivity contribution >= 4 is 23.8 Å². The van der Waals surface area contributed by atoms with Crippen LogP contribution in [-0.4, -0.2) is 41.7 Å². The Bertz CT molecular complexity index is 290. The normalized spacial score (nSPS) is 14.7. The molecule has 106 valence electrons. The first-order valence-corrected chi connectivity index (χ1v) is 7.34. The van der Waals surface area contributed by atoms with Gasteiger partial charge in [0.2, 0.25) is 0 Å². The molecule has 0 aliphatic rings. The van der Waals surface area contributed by atoms with Crippen molar-refractivity contribution in [2.75, 3.05) is 18.6 Å². The molecule has 0 aliphatic carbocycles. The number of carboxylic acid groups (broad SMARTS) is 1. The zero-order valence-corrected chi connectivity index (χ0v) is 12.6. The fourth-order valence-corrected chi connectivity index (χ4v) is 2.13. The molecular formula is C12H24N2O3S. The Kier molecular flexibility index (Phi) is 7.13. The Morgan fingerprint density at radius 1 is 1.33 bits per heavy atom. The van der Waals surface area contributed by atoms with Crippen LogP contribution in [0.3, 0.4) is 0 Å². The van der Waals surface area contributed by atoms with E-state index in [2.05, 4.69) is 10.6 Å². The van der Waals surface area contributed by atoms with E-state index in [4.69, 9.17) is 5.11 Å². The Balaban J connectivity index is 4.24. The van der Waals surface area contributed by atoms with Crippen LogP contribution in [0, 0.1) is 11.3 Å². The number of thioether (sulfide) groups is 1. The number of hydrogen-bond donors (Lipinski definition) is 3. The number of carbonyl (C=O) groups is 2. The van der Waals surface area contributed by atoms with E-state index in [9.17, 15) is 9.59 Å². The topological polar surface area (TPSA) is 78.4 Å². The minimum absolute atomic E-state index is 0.365. The van der Waals surface area contributed by atoms with Crippen LogP contribution in [0.25, 0.3) is 0 Å². The lowest BCUT2D eigenvalue weighted by molar-refractivity contribution is -0.141. The van der Waals surface area contributed by atoms with Crippen molar-refractivity contribution in [2.24, 2.45) is 11.3 Å². The lowest BCUT2D eigenvalue weighted by atomic mass is 9.87. The van der Waals surface area contributed by atoms with Crippen LogP contribution in [0.5, 0.6) is 0 Å². The predicted octanol–water partition coefficient (Wildman–Crippen LogP) is 1.78. The highest BCUT2D eigenvalue weighted by Crippen LogP contribution is 2.19. The Hall–Kier alpha value is -0.910. The quantitative estimate of drug-likeness (QED) is 0.691. The average molecular weight is 276 g/mol. The molecule has 2 atom stereocenters. The molecule has 0 aromatic rings.